The molecule has 0 radical (unpaired) electrons. The van der Waals surface area contributed by atoms with Gasteiger partial charge in [-0.05, 0) is 49.4 Å². The van der Waals surface area contributed by atoms with E-state index in [1.165, 1.54) is 5.56 Å². The van der Waals surface area contributed by atoms with Gasteiger partial charge in [-0.1, -0.05) is 31.2 Å². The fourth-order valence-corrected chi connectivity index (χ4v) is 3.09. The van der Waals surface area contributed by atoms with Crippen LogP contribution in [0.3, 0.4) is 0 Å². The average molecular weight is 322 g/mol. The van der Waals surface area contributed by atoms with Crippen LogP contribution >= 0.6 is 0 Å². The number of ether oxygens (including phenoxy) is 1. The summed E-state index contributed by atoms with van der Waals surface area (Å²) >= 11 is 0. The van der Waals surface area contributed by atoms with Gasteiger partial charge in [-0.3, -0.25) is 0 Å². The summed E-state index contributed by atoms with van der Waals surface area (Å²) in [5.41, 5.74) is 5.54. The molecule has 24 heavy (non-hydrogen) atoms. The topological polar surface area (TPSA) is 51.2 Å². The second kappa shape index (κ2) is 6.87. The summed E-state index contributed by atoms with van der Waals surface area (Å²) in [7, 11) is 0. The van der Waals surface area contributed by atoms with Crippen LogP contribution in [0.5, 0.6) is 0 Å². The summed E-state index contributed by atoms with van der Waals surface area (Å²) in [6.07, 6.45) is 6.76. The predicted molar refractivity (Wildman–Crippen MR) is 96.7 cm³/mol. The Balaban J connectivity index is 2.05. The number of nitrogens with one attached hydrogen (secondary N) is 1. The summed E-state index contributed by atoms with van der Waals surface area (Å²) in [5, 5.41) is 3.45. The molecular weight excluding hydrogens is 300 g/mol. The van der Waals surface area contributed by atoms with E-state index in [1.54, 1.807) is 13.1 Å². The minimum atomic E-state index is -0.366. The molecule has 0 spiro atoms. The zero-order valence-corrected chi connectivity index (χ0v) is 14.3. The summed E-state index contributed by atoms with van der Waals surface area (Å²) in [5.74, 6) is -0.0527. The zero-order chi connectivity index (χ0) is 17.1. The van der Waals surface area contributed by atoms with Gasteiger partial charge in [0.1, 0.15) is 0 Å². The molecule has 0 bridgehead atoms. The van der Waals surface area contributed by atoms with Crippen LogP contribution in [-0.4, -0.2) is 17.6 Å². The number of allylic oxidation sites excluding steroid dienone is 1. The lowest BCUT2D eigenvalue weighted by molar-refractivity contribution is 0.0519. The molecule has 4 heteroatoms. The molecule has 2 aromatic rings. The second-order valence-corrected chi connectivity index (χ2v) is 6.10. The number of benzene rings is 1. The number of carbonyl (C=O) groups excluding carboxylic acids is 1. The maximum atomic E-state index is 12.2. The van der Waals surface area contributed by atoms with Crippen LogP contribution in [0.25, 0.3) is 6.08 Å². The van der Waals surface area contributed by atoms with Gasteiger partial charge < -0.3 is 10.1 Å². The molecule has 124 valence electrons. The van der Waals surface area contributed by atoms with Gasteiger partial charge in [0.05, 0.1) is 18.5 Å². The fourth-order valence-electron chi connectivity index (χ4n) is 3.09. The van der Waals surface area contributed by atoms with E-state index in [2.05, 4.69) is 42.4 Å². The van der Waals surface area contributed by atoms with Gasteiger partial charge in [0.15, 0.2) is 5.69 Å². The van der Waals surface area contributed by atoms with Crippen molar-refractivity contribution < 1.29 is 9.53 Å². The zero-order valence-electron chi connectivity index (χ0n) is 14.3. The van der Waals surface area contributed by atoms with E-state index in [4.69, 9.17) is 4.74 Å². The van der Waals surface area contributed by atoms with Crippen molar-refractivity contribution >= 4 is 23.4 Å². The molecule has 4 nitrogen and oxygen atoms in total. The van der Waals surface area contributed by atoms with Crippen molar-refractivity contribution in [1.82, 2.24) is 4.98 Å². The van der Waals surface area contributed by atoms with E-state index in [9.17, 15) is 4.79 Å². The van der Waals surface area contributed by atoms with Crippen molar-refractivity contribution in [1.29, 1.82) is 0 Å². The van der Waals surface area contributed by atoms with Crippen molar-refractivity contribution in [2.75, 3.05) is 11.9 Å². The first-order valence-corrected chi connectivity index (χ1v) is 8.30. The van der Waals surface area contributed by atoms with Crippen molar-refractivity contribution in [3.63, 3.8) is 0 Å². The highest BCUT2D eigenvalue weighted by Gasteiger charge is 2.24. The summed E-state index contributed by atoms with van der Waals surface area (Å²) < 4.78 is 5.15. The highest BCUT2D eigenvalue weighted by atomic mass is 16.5. The van der Waals surface area contributed by atoms with Crippen LogP contribution in [0.4, 0.5) is 11.4 Å². The summed E-state index contributed by atoms with van der Waals surface area (Å²) in [6.45, 7) is 6.38. The Labute approximate surface area is 142 Å². The minimum absolute atomic E-state index is 0.313. The fraction of sp³-hybridized carbons (Fsp3) is 0.300. The number of hydrogen-bond donors (Lipinski definition) is 1. The van der Waals surface area contributed by atoms with Gasteiger partial charge in [-0.2, -0.15) is 0 Å². The number of fused-ring (bicyclic) bond motifs is 1. The first-order chi connectivity index (χ1) is 11.6. The standard InChI is InChI=1S/C20H22N2O2/c1-4-24-20(23)19-16-10-6-8-14(3)18(16)17(12-21-19)22-15-9-5-7-13(2)11-15/h5-7,9-12,14,22H,4,8H2,1-3H3. The Morgan fingerprint density at radius 3 is 3.00 bits per heavy atom. The molecule has 1 atom stereocenters. The highest BCUT2D eigenvalue weighted by molar-refractivity contribution is 5.93. The lowest BCUT2D eigenvalue weighted by atomic mass is 9.86. The van der Waals surface area contributed by atoms with E-state index in [1.807, 2.05) is 18.2 Å². The average Bonchev–Trinajstić information content (AvgIpc) is 2.55. The Hall–Kier alpha value is -2.62. The van der Waals surface area contributed by atoms with Crippen LogP contribution in [0, 0.1) is 6.92 Å². The van der Waals surface area contributed by atoms with Gasteiger partial charge in [0, 0.05) is 11.3 Å². The number of aromatic nitrogens is 1. The molecule has 3 rings (SSSR count). The molecule has 1 aliphatic carbocycles. The third kappa shape index (κ3) is 3.18. The molecule has 1 unspecified atom stereocenters. The lowest BCUT2D eigenvalue weighted by Gasteiger charge is -2.23. The quantitative estimate of drug-likeness (QED) is 0.819. The number of pyridine rings is 1. The maximum Gasteiger partial charge on any atom is 0.357 e. The van der Waals surface area contributed by atoms with Crippen molar-refractivity contribution in [2.24, 2.45) is 0 Å². The van der Waals surface area contributed by atoms with Crippen molar-refractivity contribution in [3.8, 4) is 0 Å². The number of anilines is 2. The molecule has 1 heterocycles. The lowest BCUT2D eigenvalue weighted by Crippen LogP contribution is -2.15. The van der Waals surface area contributed by atoms with Gasteiger partial charge in [0.2, 0.25) is 0 Å². The van der Waals surface area contributed by atoms with Gasteiger partial charge in [-0.25, -0.2) is 9.78 Å². The van der Waals surface area contributed by atoms with E-state index in [0.29, 0.717) is 18.2 Å². The van der Waals surface area contributed by atoms with Crippen molar-refractivity contribution in [3.05, 3.63) is 58.9 Å². The monoisotopic (exact) mass is 322 g/mol. The summed E-state index contributed by atoms with van der Waals surface area (Å²) in [4.78, 5) is 16.6. The van der Waals surface area contributed by atoms with Crippen molar-refractivity contribution in [2.45, 2.75) is 33.1 Å². The number of aryl methyl sites for hydroxylation is 1. The van der Waals surface area contributed by atoms with Crippen LogP contribution in [0.2, 0.25) is 0 Å². The second-order valence-electron chi connectivity index (χ2n) is 6.10. The molecule has 1 N–H and O–H groups in total. The third-order valence-corrected chi connectivity index (χ3v) is 4.19. The molecule has 1 aromatic heterocycles. The molecule has 0 saturated heterocycles. The molecule has 0 fully saturated rings. The number of rotatable bonds is 4. The molecule has 1 aliphatic rings. The normalized spacial score (nSPS) is 15.7. The molecular formula is C20H22N2O2. The molecule has 0 aliphatic heterocycles. The number of nitrogens with zero attached hydrogens (tertiary/aromatic N) is 1. The number of hydrogen-bond acceptors (Lipinski definition) is 4. The molecule has 1 aromatic carbocycles. The Kier molecular flexibility index (Phi) is 4.65. The number of esters is 1. The van der Waals surface area contributed by atoms with Crippen LogP contribution < -0.4 is 5.32 Å². The van der Waals surface area contributed by atoms with E-state index >= 15 is 0 Å². The van der Waals surface area contributed by atoms with Gasteiger partial charge in [0.25, 0.3) is 0 Å². The highest BCUT2D eigenvalue weighted by Crippen LogP contribution is 2.37. The van der Waals surface area contributed by atoms with Crippen LogP contribution in [0.1, 0.15) is 53.4 Å². The Morgan fingerprint density at radius 1 is 1.42 bits per heavy atom. The SMILES string of the molecule is CCOC(=O)c1ncc(Nc2cccc(C)c2)c2c1C=CCC2C. The first kappa shape index (κ1) is 16.2. The van der Waals surface area contributed by atoms with Gasteiger partial charge >= 0.3 is 5.97 Å². The molecule has 0 amide bonds. The Bertz CT molecular complexity index is 796. The predicted octanol–water partition coefficient (Wildman–Crippen LogP) is 4.83. The molecule has 0 saturated carbocycles. The summed E-state index contributed by atoms with van der Waals surface area (Å²) in [6, 6.07) is 8.21. The number of carbonyl (C=O) groups is 1. The first-order valence-electron chi connectivity index (χ1n) is 8.30. The van der Waals surface area contributed by atoms with E-state index < -0.39 is 0 Å². The van der Waals surface area contributed by atoms with Crippen LogP contribution in [-0.2, 0) is 4.74 Å². The van der Waals surface area contributed by atoms with E-state index in [-0.39, 0.29) is 5.97 Å². The van der Waals surface area contributed by atoms with E-state index in [0.717, 1.165) is 28.9 Å². The minimum Gasteiger partial charge on any atom is -0.461 e. The maximum absolute atomic E-state index is 12.2. The largest absolute Gasteiger partial charge is 0.461 e. The third-order valence-electron chi connectivity index (χ3n) is 4.19. The smallest absolute Gasteiger partial charge is 0.357 e. The Morgan fingerprint density at radius 2 is 2.25 bits per heavy atom. The van der Waals surface area contributed by atoms with Crippen LogP contribution in [0.15, 0.2) is 36.5 Å². The van der Waals surface area contributed by atoms with Gasteiger partial charge in [-0.15, -0.1) is 0 Å².